The maximum Gasteiger partial charge on any atom is 0.0893 e. The molecule has 102 valence electrons. The van der Waals surface area contributed by atoms with Crippen LogP contribution >= 0.6 is 23.2 Å². The zero-order valence-electron chi connectivity index (χ0n) is 10.6. The van der Waals surface area contributed by atoms with Gasteiger partial charge in [-0.1, -0.05) is 42.3 Å². The van der Waals surface area contributed by atoms with Crippen molar-refractivity contribution in [3.63, 3.8) is 0 Å². The lowest BCUT2D eigenvalue weighted by Gasteiger charge is -2.18. The number of hydrogen-bond acceptors (Lipinski definition) is 3. The molecule has 4 nitrogen and oxygen atoms in total. The summed E-state index contributed by atoms with van der Waals surface area (Å²) in [7, 11) is 0. The molecule has 1 unspecified atom stereocenters. The summed E-state index contributed by atoms with van der Waals surface area (Å²) < 4.78 is 1.88. The van der Waals surface area contributed by atoms with E-state index in [2.05, 4.69) is 17.4 Å². The number of nitrogens with two attached hydrogens (primary N) is 1. The van der Waals surface area contributed by atoms with Gasteiger partial charge in [0.1, 0.15) is 0 Å². The zero-order chi connectivity index (χ0) is 13.8. The number of hydrazine groups is 1. The summed E-state index contributed by atoms with van der Waals surface area (Å²) in [6.45, 7) is 2.89. The van der Waals surface area contributed by atoms with Crippen molar-refractivity contribution in [2.75, 3.05) is 0 Å². The molecule has 1 atom stereocenters. The largest absolute Gasteiger partial charge is 0.271 e. The Morgan fingerprint density at radius 1 is 1.32 bits per heavy atom. The van der Waals surface area contributed by atoms with Crippen molar-refractivity contribution in [1.29, 1.82) is 0 Å². The van der Waals surface area contributed by atoms with E-state index in [4.69, 9.17) is 29.0 Å². The van der Waals surface area contributed by atoms with Crippen LogP contribution in [-0.4, -0.2) is 9.78 Å². The highest BCUT2D eigenvalue weighted by molar-refractivity contribution is 6.31. The van der Waals surface area contributed by atoms with Crippen molar-refractivity contribution in [3.8, 4) is 0 Å². The van der Waals surface area contributed by atoms with Crippen LogP contribution in [-0.2, 0) is 6.54 Å². The molecule has 2 aromatic rings. The Kier molecular flexibility index (Phi) is 4.82. The number of halogens is 2. The molecule has 2 rings (SSSR count). The van der Waals surface area contributed by atoms with Crippen LogP contribution in [0, 0.1) is 0 Å². The molecular formula is C13H16Cl2N4. The predicted molar refractivity (Wildman–Crippen MR) is 78.1 cm³/mol. The highest BCUT2D eigenvalue weighted by Gasteiger charge is 2.20. The van der Waals surface area contributed by atoms with Crippen LogP contribution in [0.1, 0.15) is 30.6 Å². The maximum absolute atomic E-state index is 6.23. The molecule has 1 aromatic carbocycles. The van der Waals surface area contributed by atoms with Crippen LogP contribution in [0.2, 0.25) is 10.0 Å². The standard InChI is InChI=1S/C13H16Cl2N4/c1-2-7-19-13(11(15)8-17-19)12(18-16)9-3-5-10(14)6-4-9/h3-6,8,12,18H,2,7,16H2,1H3. The monoisotopic (exact) mass is 298 g/mol. The fourth-order valence-electron chi connectivity index (χ4n) is 2.04. The van der Waals surface area contributed by atoms with Gasteiger partial charge in [-0.3, -0.25) is 10.5 Å². The number of aromatic nitrogens is 2. The first kappa shape index (κ1) is 14.3. The first-order valence-electron chi connectivity index (χ1n) is 6.10. The Morgan fingerprint density at radius 2 is 2.00 bits per heavy atom. The highest BCUT2D eigenvalue weighted by Crippen LogP contribution is 2.28. The second-order valence-electron chi connectivity index (χ2n) is 4.25. The molecule has 3 N–H and O–H groups in total. The van der Waals surface area contributed by atoms with Gasteiger partial charge in [-0.15, -0.1) is 0 Å². The minimum Gasteiger partial charge on any atom is -0.271 e. The minimum atomic E-state index is -0.209. The molecular weight excluding hydrogens is 283 g/mol. The van der Waals surface area contributed by atoms with Gasteiger partial charge in [-0.2, -0.15) is 5.10 Å². The predicted octanol–water partition coefficient (Wildman–Crippen LogP) is 3.15. The summed E-state index contributed by atoms with van der Waals surface area (Å²) >= 11 is 12.1. The van der Waals surface area contributed by atoms with Crippen LogP contribution < -0.4 is 11.3 Å². The van der Waals surface area contributed by atoms with Gasteiger partial charge >= 0.3 is 0 Å². The van der Waals surface area contributed by atoms with Crippen molar-refractivity contribution in [2.45, 2.75) is 25.9 Å². The molecule has 0 aliphatic carbocycles. The van der Waals surface area contributed by atoms with Crippen LogP contribution in [0.15, 0.2) is 30.5 Å². The number of benzene rings is 1. The summed E-state index contributed by atoms with van der Waals surface area (Å²) in [5.41, 5.74) is 4.65. The van der Waals surface area contributed by atoms with Crippen LogP contribution in [0.4, 0.5) is 0 Å². The molecule has 19 heavy (non-hydrogen) atoms. The molecule has 0 aliphatic rings. The Balaban J connectivity index is 2.41. The average Bonchev–Trinajstić information content (AvgIpc) is 2.76. The van der Waals surface area contributed by atoms with E-state index >= 15 is 0 Å². The first-order chi connectivity index (χ1) is 9.17. The number of nitrogens with one attached hydrogen (secondary N) is 1. The number of nitrogens with zero attached hydrogens (tertiary/aromatic N) is 2. The van der Waals surface area contributed by atoms with Gasteiger partial charge in [-0.25, -0.2) is 5.43 Å². The normalized spacial score (nSPS) is 12.6. The quantitative estimate of drug-likeness (QED) is 0.658. The maximum atomic E-state index is 6.23. The average molecular weight is 299 g/mol. The smallest absolute Gasteiger partial charge is 0.0893 e. The van der Waals surface area contributed by atoms with E-state index < -0.39 is 0 Å². The second-order valence-corrected chi connectivity index (χ2v) is 5.10. The molecule has 1 heterocycles. The fourth-order valence-corrected chi connectivity index (χ4v) is 2.41. The van der Waals surface area contributed by atoms with Crippen molar-refractivity contribution < 1.29 is 0 Å². The molecule has 0 aliphatic heterocycles. The first-order valence-corrected chi connectivity index (χ1v) is 6.85. The van der Waals surface area contributed by atoms with Gasteiger partial charge in [0.25, 0.3) is 0 Å². The van der Waals surface area contributed by atoms with Crippen LogP contribution in [0.5, 0.6) is 0 Å². The SMILES string of the molecule is CCCn1ncc(Cl)c1C(NN)c1ccc(Cl)cc1. The van der Waals surface area contributed by atoms with Gasteiger partial charge in [-0.05, 0) is 24.1 Å². The Bertz CT molecular complexity index is 536. The summed E-state index contributed by atoms with van der Waals surface area (Å²) in [6.07, 6.45) is 2.62. The van der Waals surface area contributed by atoms with Crippen molar-refractivity contribution in [3.05, 3.63) is 51.8 Å². The molecule has 1 aromatic heterocycles. The minimum absolute atomic E-state index is 0.209. The van der Waals surface area contributed by atoms with E-state index in [0.717, 1.165) is 24.2 Å². The van der Waals surface area contributed by atoms with Gasteiger partial charge in [0.2, 0.25) is 0 Å². The number of rotatable bonds is 5. The Morgan fingerprint density at radius 3 is 2.58 bits per heavy atom. The van der Waals surface area contributed by atoms with Gasteiger partial charge in [0.05, 0.1) is 23.0 Å². The highest BCUT2D eigenvalue weighted by atomic mass is 35.5. The molecule has 0 spiro atoms. The molecule has 0 bridgehead atoms. The molecule has 0 amide bonds. The topological polar surface area (TPSA) is 55.9 Å². The summed E-state index contributed by atoms with van der Waals surface area (Å²) in [6, 6.07) is 7.29. The number of hydrogen-bond donors (Lipinski definition) is 2. The summed E-state index contributed by atoms with van der Waals surface area (Å²) in [4.78, 5) is 0. The Hall–Kier alpha value is -1.07. The molecule has 0 fully saturated rings. The summed E-state index contributed by atoms with van der Waals surface area (Å²) in [5.74, 6) is 5.69. The van der Waals surface area contributed by atoms with Crippen molar-refractivity contribution in [1.82, 2.24) is 15.2 Å². The van der Waals surface area contributed by atoms with Crippen LogP contribution in [0.25, 0.3) is 0 Å². The Labute approximate surface area is 122 Å². The summed E-state index contributed by atoms with van der Waals surface area (Å²) in [5, 5.41) is 5.57. The lowest BCUT2D eigenvalue weighted by atomic mass is 10.0. The lowest BCUT2D eigenvalue weighted by Crippen LogP contribution is -2.31. The third-order valence-corrected chi connectivity index (χ3v) is 3.46. The van der Waals surface area contributed by atoms with Gasteiger partial charge in [0.15, 0.2) is 0 Å². The van der Waals surface area contributed by atoms with E-state index in [1.165, 1.54) is 0 Å². The molecule has 0 saturated heterocycles. The van der Waals surface area contributed by atoms with Crippen molar-refractivity contribution in [2.24, 2.45) is 5.84 Å². The second kappa shape index (κ2) is 6.39. The third-order valence-electron chi connectivity index (χ3n) is 2.91. The van der Waals surface area contributed by atoms with Crippen LogP contribution in [0.3, 0.4) is 0 Å². The van der Waals surface area contributed by atoms with Crippen molar-refractivity contribution >= 4 is 23.2 Å². The van der Waals surface area contributed by atoms with E-state index in [0.29, 0.717) is 10.0 Å². The van der Waals surface area contributed by atoms with E-state index in [-0.39, 0.29) is 6.04 Å². The lowest BCUT2D eigenvalue weighted by molar-refractivity contribution is 0.521. The number of aryl methyl sites for hydroxylation is 1. The van der Waals surface area contributed by atoms with E-state index in [9.17, 15) is 0 Å². The third kappa shape index (κ3) is 3.09. The molecule has 6 heteroatoms. The van der Waals surface area contributed by atoms with E-state index in [1.807, 2.05) is 28.9 Å². The van der Waals surface area contributed by atoms with Gasteiger partial charge in [0, 0.05) is 11.6 Å². The fraction of sp³-hybridized carbons (Fsp3) is 0.308. The van der Waals surface area contributed by atoms with Gasteiger partial charge < -0.3 is 0 Å². The van der Waals surface area contributed by atoms with E-state index in [1.54, 1.807) is 6.20 Å². The zero-order valence-corrected chi connectivity index (χ0v) is 12.1. The molecule has 0 radical (unpaired) electrons. The molecule has 0 saturated carbocycles.